The molecular weight excluding hydrogens is 284 g/mol. The van der Waals surface area contributed by atoms with Gasteiger partial charge in [0.2, 0.25) is 11.8 Å². The van der Waals surface area contributed by atoms with E-state index in [0.717, 1.165) is 10.6 Å². The summed E-state index contributed by atoms with van der Waals surface area (Å²) in [6.45, 7) is 2.70. The third-order valence-corrected chi connectivity index (χ3v) is 4.22. The number of likely N-dealkylation sites (N-methyl/N-ethyl adjacent to an activating group) is 1. The van der Waals surface area contributed by atoms with Crippen molar-refractivity contribution in [3.63, 3.8) is 0 Å². The van der Waals surface area contributed by atoms with Gasteiger partial charge in [0.05, 0.1) is 22.7 Å². The van der Waals surface area contributed by atoms with Crippen LogP contribution >= 0.6 is 23.1 Å². The highest BCUT2D eigenvalue weighted by molar-refractivity contribution is 8.01. The Balaban J connectivity index is 2.30. The van der Waals surface area contributed by atoms with Crippen molar-refractivity contribution in [1.82, 2.24) is 15.2 Å². The van der Waals surface area contributed by atoms with E-state index in [1.54, 1.807) is 13.2 Å². The lowest BCUT2D eigenvalue weighted by Crippen LogP contribution is -2.39. The SMILES string of the molecule is CCCNC(=O)CN(C)C(=O)CSc1cnc(N)s1. The molecule has 0 unspecified atom stereocenters. The molecule has 1 rings (SSSR count). The normalized spacial score (nSPS) is 10.2. The molecule has 106 valence electrons. The van der Waals surface area contributed by atoms with Gasteiger partial charge in [0.25, 0.3) is 0 Å². The molecule has 0 saturated heterocycles. The number of nitrogen functional groups attached to an aromatic ring is 1. The first-order chi connectivity index (χ1) is 9.02. The van der Waals surface area contributed by atoms with Crippen LogP contribution in [0, 0.1) is 0 Å². The number of nitrogens with two attached hydrogens (primary N) is 1. The minimum absolute atomic E-state index is 0.0875. The van der Waals surface area contributed by atoms with Crippen LogP contribution in [0.25, 0.3) is 0 Å². The molecule has 1 aromatic heterocycles. The Kier molecular flexibility index (Phi) is 6.65. The summed E-state index contributed by atoms with van der Waals surface area (Å²) in [6.07, 6.45) is 2.53. The van der Waals surface area contributed by atoms with Crippen LogP contribution in [-0.2, 0) is 9.59 Å². The standard InChI is InChI=1S/C11H18N4O2S2/c1-3-4-13-8(16)6-15(2)9(17)7-18-10-5-14-11(12)19-10/h5H,3-4,6-7H2,1-2H3,(H2,12,14)(H,13,16). The summed E-state index contributed by atoms with van der Waals surface area (Å²) in [6, 6.07) is 0. The Hall–Kier alpha value is -1.28. The predicted molar refractivity (Wildman–Crippen MR) is 78.2 cm³/mol. The summed E-state index contributed by atoms with van der Waals surface area (Å²) in [4.78, 5) is 28.6. The second-order valence-electron chi connectivity index (χ2n) is 3.91. The molecule has 1 aromatic rings. The highest BCUT2D eigenvalue weighted by Gasteiger charge is 2.13. The van der Waals surface area contributed by atoms with Crippen molar-refractivity contribution in [1.29, 1.82) is 0 Å². The van der Waals surface area contributed by atoms with Gasteiger partial charge in [-0.25, -0.2) is 4.98 Å². The monoisotopic (exact) mass is 302 g/mol. The number of thiazole rings is 1. The van der Waals surface area contributed by atoms with Crippen molar-refractivity contribution >= 4 is 40.0 Å². The van der Waals surface area contributed by atoms with Crippen LogP contribution in [0.15, 0.2) is 10.4 Å². The van der Waals surface area contributed by atoms with Gasteiger partial charge in [0, 0.05) is 13.6 Å². The molecule has 0 radical (unpaired) electrons. The Morgan fingerprint density at radius 3 is 2.89 bits per heavy atom. The van der Waals surface area contributed by atoms with Gasteiger partial charge in [0.15, 0.2) is 5.13 Å². The van der Waals surface area contributed by atoms with Gasteiger partial charge in [-0.2, -0.15) is 0 Å². The van der Waals surface area contributed by atoms with E-state index in [0.29, 0.717) is 11.7 Å². The van der Waals surface area contributed by atoms with Crippen molar-refractivity contribution in [2.75, 3.05) is 31.6 Å². The molecule has 1 heterocycles. The van der Waals surface area contributed by atoms with E-state index in [2.05, 4.69) is 10.3 Å². The Labute approximate surface area is 120 Å². The Morgan fingerprint density at radius 1 is 1.58 bits per heavy atom. The molecule has 2 amide bonds. The number of nitrogens with zero attached hydrogens (tertiary/aromatic N) is 2. The molecule has 0 bridgehead atoms. The van der Waals surface area contributed by atoms with Crippen LogP contribution < -0.4 is 11.1 Å². The summed E-state index contributed by atoms with van der Waals surface area (Å²) in [5.74, 6) is 0.0486. The first-order valence-electron chi connectivity index (χ1n) is 5.87. The number of rotatable bonds is 7. The van der Waals surface area contributed by atoms with Gasteiger partial charge in [-0.05, 0) is 6.42 Å². The maximum absolute atomic E-state index is 11.8. The highest BCUT2D eigenvalue weighted by Crippen LogP contribution is 2.26. The number of carbonyl (C=O) groups is 2. The van der Waals surface area contributed by atoms with Crippen LogP contribution in [0.1, 0.15) is 13.3 Å². The number of thioether (sulfide) groups is 1. The fourth-order valence-corrected chi connectivity index (χ4v) is 2.90. The van der Waals surface area contributed by atoms with Gasteiger partial charge < -0.3 is 16.0 Å². The van der Waals surface area contributed by atoms with Crippen LogP contribution in [0.2, 0.25) is 0 Å². The van der Waals surface area contributed by atoms with E-state index in [1.165, 1.54) is 28.0 Å². The van der Waals surface area contributed by atoms with Crippen molar-refractivity contribution in [3.05, 3.63) is 6.20 Å². The minimum atomic E-state index is -0.135. The number of nitrogens with one attached hydrogen (secondary N) is 1. The highest BCUT2D eigenvalue weighted by atomic mass is 32.2. The number of carbonyl (C=O) groups excluding carboxylic acids is 2. The molecule has 19 heavy (non-hydrogen) atoms. The molecule has 0 spiro atoms. The summed E-state index contributed by atoms with van der Waals surface area (Å²) in [5.41, 5.74) is 5.50. The van der Waals surface area contributed by atoms with Crippen molar-refractivity contribution in [2.45, 2.75) is 17.6 Å². The van der Waals surface area contributed by atoms with Crippen molar-refractivity contribution in [2.24, 2.45) is 0 Å². The first-order valence-corrected chi connectivity index (χ1v) is 7.68. The van der Waals surface area contributed by atoms with Crippen molar-refractivity contribution in [3.8, 4) is 0 Å². The Morgan fingerprint density at radius 2 is 2.32 bits per heavy atom. The maximum Gasteiger partial charge on any atom is 0.239 e. The largest absolute Gasteiger partial charge is 0.375 e. The van der Waals surface area contributed by atoms with Crippen LogP contribution in [-0.4, -0.2) is 47.6 Å². The van der Waals surface area contributed by atoms with Gasteiger partial charge in [0.1, 0.15) is 0 Å². The molecular formula is C11H18N4O2S2. The van der Waals surface area contributed by atoms with E-state index in [1.807, 2.05) is 6.92 Å². The average molecular weight is 302 g/mol. The van der Waals surface area contributed by atoms with Crippen molar-refractivity contribution < 1.29 is 9.59 Å². The molecule has 8 heteroatoms. The van der Waals surface area contributed by atoms with E-state index < -0.39 is 0 Å². The van der Waals surface area contributed by atoms with Gasteiger partial charge in [-0.3, -0.25) is 9.59 Å². The van der Waals surface area contributed by atoms with Crippen LogP contribution in [0.5, 0.6) is 0 Å². The average Bonchev–Trinajstić information content (AvgIpc) is 2.79. The quantitative estimate of drug-likeness (QED) is 0.727. The molecule has 0 aliphatic carbocycles. The van der Waals surface area contributed by atoms with E-state index in [9.17, 15) is 9.59 Å². The molecule has 3 N–H and O–H groups in total. The summed E-state index contributed by atoms with van der Waals surface area (Å²) >= 11 is 2.72. The smallest absolute Gasteiger partial charge is 0.239 e. The summed E-state index contributed by atoms with van der Waals surface area (Å²) in [5, 5.41) is 3.22. The minimum Gasteiger partial charge on any atom is -0.375 e. The lowest BCUT2D eigenvalue weighted by atomic mass is 10.4. The molecule has 0 atom stereocenters. The third kappa shape index (κ3) is 5.93. The van der Waals surface area contributed by atoms with E-state index in [4.69, 9.17) is 5.73 Å². The lowest BCUT2D eigenvalue weighted by Gasteiger charge is -2.16. The number of anilines is 1. The van der Waals surface area contributed by atoms with Crippen LogP contribution in [0.3, 0.4) is 0 Å². The second kappa shape index (κ2) is 8.00. The molecule has 0 aliphatic rings. The summed E-state index contributed by atoms with van der Waals surface area (Å²) < 4.78 is 0.898. The number of hydrogen-bond donors (Lipinski definition) is 2. The zero-order valence-electron chi connectivity index (χ0n) is 11.0. The lowest BCUT2D eigenvalue weighted by molar-refractivity contribution is -0.132. The third-order valence-electron chi connectivity index (χ3n) is 2.22. The Bertz CT molecular complexity index is 436. The number of aromatic nitrogens is 1. The first kappa shape index (κ1) is 15.8. The molecule has 0 aliphatic heterocycles. The van der Waals surface area contributed by atoms with Gasteiger partial charge in [-0.1, -0.05) is 18.3 Å². The maximum atomic E-state index is 11.8. The predicted octanol–water partition coefficient (Wildman–Crippen LogP) is 0.802. The molecule has 0 aromatic carbocycles. The van der Waals surface area contributed by atoms with Crippen LogP contribution in [0.4, 0.5) is 5.13 Å². The van der Waals surface area contributed by atoms with Gasteiger partial charge in [-0.15, -0.1) is 11.8 Å². The molecule has 0 fully saturated rings. The fraction of sp³-hybridized carbons (Fsp3) is 0.545. The van der Waals surface area contributed by atoms with Gasteiger partial charge >= 0.3 is 0 Å². The topological polar surface area (TPSA) is 88.3 Å². The zero-order chi connectivity index (χ0) is 14.3. The molecule has 0 saturated carbocycles. The molecule has 6 nitrogen and oxygen atoms in total. The fourth-order valence-electron chi connectivity index (χ4n) is 1.21. The number of amides is 2. The second-order valence-corrected chi connectivity index (χ2v) is 6.24. The number of hydrogen-bond acceptors (Lipinski definition) is 6. The zero-order valence-corrected chi connectivity index (χ0v) is 12.6. The van der Waals surface area contributed by atoms with E-state index in [-0.39, 0.29) is 24.1 Å². The van der Waals surface area contributed by atoms with E-state index >= 15 is 0 Å². The summed E-state index contributed by atoms with van der Waals surface area (Å²) in [7, 11) is 1.62.